The van der Waals surface area contributed by atoms with Crippen LogP contribution in [0.25, 0.3) is 0 Å². The minimum Gasteiger partial charge on any atom is -0.458 e. The Morgan fingerprint density at radius 2 is 1.75 bits per heavy atom. The van der Waals surface area contributed by atoms with E-state index in [2.05, 4.69) is 40.7 Å². The van der Waals surface area contributed by atoms with Gasteiger partial charge in [0.25, 0.3) is 0 Å². The van der Waals surface area contributed by atoms with Crippen molar-refractivity contribution < 1.29 is 9.53 Å². The lowest BCUT2D eigenvalue weighted by Crippen LogP contribution is -2.51. The summed E-state index contributed by atoms with van der Waals surface area (Å²) in [5, 5.41) is 0. The standard InChI is InChI=1S/C34H50O2/c1-23(2)10-9-11-24(3)29-16-17-30-28-15-14-26-22-27(36-32(35)25-12-7-6-8-13-25)18-20-33(26,4)31(28)19-21-34(29,30)5/h6-8,12-14,23-24,27-31H,9-11,15-22H2,1-5H3/t24-,27+,28+,29-,30+,31-,33-,34-/m1/s1. The molecule has 0 aromatic heterocycles. The normalized spacial score (nSPS) is 38.5. The van der Waals surface area contributed by atoms with Crippen LogP contribution in [0, 0.1) is 46.3 Å². The first-order valence-corrected chi connectivity index (χ1v) is 15.2. The van der Waals surface area contributed by atoms with Gasteiger partial charge in [-0.2, -0.15) is 0 Å². The number of benzene rings is 1. The molecule has 0 spiro atoms. The minimum absolute atomic E-state index is 0.0324. The van der Waals surface area contributed by atoms with Gasteiger partial charge in [-0.15, -0.1) is 0 Å². The lowest BCUT2D eigenvalue weighted by molar-refractivity contribution is -0.0594. The fraction of sp³-hybridized carbons (Fsp3) is 0.735. The average molecular weight is 491 g/mol. The molecule has 1 aromatic carbocycles. The largest absolute Gasteiger partial charge is 0.458 e. The van der Waals surface area contributed by atoms with E-state index in [1.807, 2.05) is 30.3 Å². The van der Waals surface area contributed by atoms with E-state index >= 15 is 0 Å². The van der Waals surface area contributed by atoms with Crippen LogP contribution in [0.2, 0.25) is 0 Å². The molecule has 5 rings (SSSR count). The molecule has 0 N–H and O–H groups in total. The Balaban J connectivity index is 1.25. The van der Waals surface area contributed by atoms with E-state index in [0.717, 1.165) is 48.3 Å². The van der Waals surface area contributed by atoms with Crippen molar-refractivity contribution >= 4 is 5.97 Å². The monoisotopic (exact) mass is 490 g/mol. The SMILES string of the molecule is CC(C)CCC[C@@H](C)[C@H]1CC[C@H]2[C@@H]3CC=C4C[C@@H](OC(=O)c5ccccc5)CC[C@@]4(C)[C@@H]3CC[C@]12C. The summed E-state index contributed by atoms with van der Waals surface area (Å²) in [7, 11) is 0. The summed E-state index contributed by atoms with van der Waals surface area (Å²) in [5.74, 6) is 5.03. The van der Waals surface area contributed by atoms with E-state index in [0.29, 0.717) is 16.4 Å². The van der Waals surface area contributed by atoms with Gasteiger partial charge in [-0.25, -0.2) is 4.79 Å². The van der Waals surface area contributed by atoms with Crippen LogP contribution in [0.3, 0.4) is 0 Å². The molecule has 1 aromatic rings. The van der Waals surface area contributed by atoms with Crippen LogP contribution in [0.4, 0.5) is 0 Å². The second kappa shape index (κ2) is 10.3. The molecule has 0 unspecified atom stereocenters. The molecule has 2 nitrogen and oxygen atoms in total. The third-order valence-corrected chi connectivity index (χ3v) is 11.5. The average Bonchev–Trinajstić information content (AvgIpc) is 3.22. The van der Waals surface area contributed by atoms with E-state index in [1.54, 1.807) is 5.57 Å². The number of hydrogen-bond donors (Lipinski definition) is 0. The van der Waals surface area contributed by atoms with Gasteiger partial charge >= 0.3 is 5.97 Å². The van der Waals surface area contributed by atoms with E-state index in [1.165, 1.54) is 57.8 Å². The first kappa shape index (κ1) is 26.1. The number of fused-ring (bicyclic) bond motifs is 5. The molecule has 4 aliphatic carbocycles. The van der Waals surface area contributed by atoms with Crippen LogP contribution >= 0.6 is 0 Å². The Bertz CT molecular complexity index is 947. The van der Waals surface area contributed by atoms with Crippen molar-refractivity contribution in [3.63, 3.8) is 0 Å². The van der Waals surface area contributed by atoms with Crippen LogP contribution in [-0.2, 0) is 4.74 Å². The highest BCUT2D eigenvalue weighted by atomic mass is 16.5. The van der Waals surface area contributed by atoms with Gasteiger partial charge in [0.2, 0.25) is 0 Å². The molecule has 0 saturated heterocycles. The Morgan fingerprint density at radius 3 is 2.50 bits per heavy atom. The molecule has 0 amide bonds. The zero-order chi connectivity index (χ0) is 25.5. The predicted octanol–water partition coefficient (Wildman–Crippen LogP) is 9.25. The van der Waals surface area contributed by atoms with E-state index < -0.39 is 0 Å². The van der Waals surface area contributed by atoms with Crippen molar-refractivity contribution in [3.05, 3.63) is 47.5 Å². The molecule has 0 aliphatic heterocycles. The summed E-state index contributed by atoms with van der Waals surface area (Å²) in [4.78, 5) is 12.7. The lowest BCUT2D eigenvalue weighted by atomic mass is 9.47. The number of allylic oxidation sites excluding steroid dienone is 1. The van der Waals surface area contributed by atoms with Gasteiger partial charge in [0.05, 0.1) is 5.56 Å². The van der Waals surface area contributed by atoms with Crippen molar-refractivity contribution in [2.45, 2.75) is 111 Å². The lowest BCUT2D eigenvalue weighted by Gasteiger charge is -2.58. The molecule has 2 heteroatoms. The van der Waals surface area contributed by atoms with Crippen LogP contribution in [0.1, 0.15) is 116 Å². The molecular formula is C34H50O2. The topological polar surface area (TPSA) is 26.3 Å². The maximum atomic E-state index is 12.7. The predicted molar refractivity (Wildman–Crippen MR) is 149 cm³/mol. The van der Waals surface area contributed by atoms with Crippen LogP contribution < -0.4 is 0 Å². The molecule has 4 aliphatic rings. The third kappa shape index (κ3) is 4.71. The molecule has 3 saturated carbocycles. The summed E-state index contributed by atoms with van der Waals surface area (Å²) in [6.07, 6.45) is 17.0. The van der Waals surface area contributed by atoms with Gasteiger partial charge in [-0.05, 0) is 103 Å². The first-order valence-electron chi connectivity index (χ1n) is 15.2. The third-order valence-electron chi connectivity index (χ3n) is 11.5. The minimum atomic E-state index is -0.161. The Morgan fingerprint density at radius 1 is 0.972 bits per heavy atom. The maximum absolute atomic E-state index is 12.7. The van der Waals surface area contributed by atoms with Crippen molar-refractivity contribution in [2.75, 3.05) is 0 Å². The van der Waals surface area contributed by atoms with Gasteiger partial charge < -0.3 is 4.74 Å². The van der Waals surface area contributed by atoms with Crippen molar-refractivity contribution in [2.24, 2.45) is 46.3 Å². The van der Waals surface area contributed by atoms with E-state index in [9.17, 15) is 4.79 Å². The second-order valence-electron chi connectivity index (χ2n) is 13.9. The number of esters is 1. The zero-order valence-corrected chi connectivity index (χ0v) is 23.6. The number of rotatable bonds is 7. The van der Waals surface area contributed by atoms with Gasteiger partial charge in [0.15, 0.2) is 0 Å². The Hall–Kier alpha value is -1.57. The fourth-order valence-corrected chi connectivity index (χ4v) is 9.55. The molecular weight excluding hydrogens is 440 g/mol. The molecule has 0 radical (unpaired) electrons. The van der Waals surface area contributed by atoms with Crippen LogP contribution in [0.15, 0.2) is 42.0 Å². The quantitative estimate of drug-likeness (QED) is 0.281. The molecule has 0 heterocycles. The molecule has 3 fully saturated rings. The number of ether oxygens (including phenoxy) is 1. The summed E-state index contributed by atoms with van der Waals surface area (Å²) in [5.41, 5.74) is 3.12. The second-order valence-corrected chi connectivity index (χ2v) is 13.9. The van der Waals surface area contributed by atoms with Gasteiger partial charge in [0, 0.05) is 6.42 Å². The van der Waals surface area contributed by atoms with E-state index in [4.69, 9.17) is 4.74 Å². The smallest absolute Gasteiger partial charge is 0.338 e. The Labute approximate surface area is 220 Å². The highest BCUT2D eigenvalue weighted by molar-refractivity contribution is 5.89. The molecule has 36 heavy (non-hydrogen) atoms. The number of carbonyl (C=O) groups is 1. The van der Waals surface area contributed by atoms with Crippen molar-refractivity contribution in [1.29, 1.82) is 0 Å². The molecule has 8 atom stereocenters. The van der Waals surface area contributed by atoms with E-state index in [-0.39, 0.29) is 12.1 Å². The first-order chi connectivity index (χ1) is 17.2. The summed E-state index contributed by atoms with van der Waals surface area (Å²) in [6, 6.07) is 9.49. The van der Waals surface area contributed by atoms with Crippen molar-refractivity contribution in [1.82, 2.24) is 0 Å². The van der Waals surface area contributed by atoms with Gasteiger partial charge in [-0.1, -0.05) is 83.7 Å². The maximum Gasteiger partial charge on any atom is 0.338 e. The highest BCUT2D eigenvalue weighted by Gasteiger charge is 2.59. The molecule has 0 bridgehead atoms. The molecule has 198 valence electrons. The fourth-order valence-electron chi connectivity index (χ4n) is 9.55. The van der Waals surface area contributed by atoms with Crippen LogP contribution in [-0.4, -0.2) is 12.1 Å². The van der Waals surface area contributed by atoms with Crippen molar-refractivity contribution in [3.8, 4) is 0 Å². The van der Waals surface area contributed by atoms with Gasteiger partial charge in [0.1, 0.15) is 6.10 Å². The van der Waals surface area contributed by atoms with Gasteiger partial charge in [-0.3, -0.25) is 0 Å². The number of hydrogen-bond acceptors (Lipinski definition) is 2. The summed E-state index contributed by atoms with van der Waals surface area (Å²) >= 11 is 0. The Kier molecular flexibility index (Phi) is 7.45. The zero-order valence-electron chi connectivity index (χ0n) is 23.6. The van der Waals surface area contributed by atoms with Crippen LogP contribution in [0.5, 0.6) is 0 Å². The number of carbonyl (C=O) groups excluding carboxylic acids is 1. The highest BCUT2D eigenvalue weighted by Crippen LogP contribution is 2.67. The summed E-state index contributed by atoms with van der Waals surface area (Å²) in [6.45, 7) is 12.6. The summed E-state index contributed by atoms with van der Waals surface area (Å²) < 4.78 is 6.00.